The predicted molar refractivity (Wildman–Crippen MR) is 101 cm³/mol. The van der Waals surface area contributed by atoms with Gasteiger partial charge in [-0.25, -0.2) is 0 Å². The van der Waals surface area contributed by atoms with Crippen molar-refractivity contribution in [1.29, 1.82) is 0 Å². The Morgan fingerprint density at radius 3 is 1.50 bits per heavy atom. The molecule has 0 spiro atoms. The Bertz CT molecular complexity index is 854. The maximum absolute atomic E-state index is 5.60. The highest BCUT2D eigenvalue weighted by atomic mass is 32.1. The molecule has 0 radical (unpaired) electrons. The standard InChI is InChI=1S/C20H18O2S2/c1-3-5-13-15(17-19(21-17)23-13)11-7-9-12(10-8-11)16-14(6-4-2)24-20-18(16)22-20/h7-10H,3-6H2,1-2H3. The Labute approximate surface area is 149 Å². The minimum atomic E-state index is 1.11. The molecular formula is C20H18O2S2. The van der Waals surface area contributed by atoms with E-state index in [1.54, 1.807) is 0 Å². The van der Waals surface area contributed by atoms with Crippen LogP contribution in [0.4, 0.5) is 0 Å². The van der Waals surface area contributed by atoms with E-state index in [1.807, 2.05) is 22.7 Å². The molecule has 0 atom stereocenters. The van der Waals surface area contributed by atoms with Crippen molar-refractivity contribution >= 4 is 22.7 Å². The van der Waals surface area contributed by atoms with Crippen molar-refractivity contribution in [3.05, 3.63) is 34.0 Å². The molecule has 4 heterocycles. The summed E-state index contributed by atoms with van der Waals surface area (Å²) in [6.07, 6.45) is 4.60. The van der Waals surface area contributed by atoms with Gasteiger partial charge in [-0.3, -0.25) is 0 Å². The lowest BCUT2D eigenvalue weighted by Gasteiger charge is -2.07. The quantitative estimate of drug-likeness (QED) is 0.300. The summed E-state index contributed by atoms with van der Waals surface area (Å²) in [6, 6.07) is 8.95. The lowest BCUT2D eigenvalue weighted by atomic mass is 9.99. The molecular weight excluding hydrogens is 336 g/mol. The van der Waals surface area contributed by atoms with Gasteiger partial charge in [0.1, 0.15) is 0 Å². The first-order chi connectivity index (χ1) is 11.8. The first kappa shape index (κ1) is 14.6. The van der Waals surface area contributed by atoms with Gasteiger partial charge >= 0.3 is 0 Å². The lowest BCUT2D eigenvalue weighted by Crippen LogP contribution is -1.87. The van der Waals surface area contributed by atoms with Crippen molar-refractivity contribution in [3.63, 3.8) is 0 Å². The van der Waals surface area contributed by atoms with Crippen LogP contribution in [-0.2, 0) is 12.8 Å². The smallest absolute Gasteiger partial charge is 0.224 e. The summed E-state index contributed by atoms with van der Waals surface area (Å²) >= 11 is 3.62. The third kappa shape index (κ3) is 2.20. The number of aryl methyl sites for hydroxylation is 2. The van der Waals surface area contributed by atoms with Crippen LogP contribution < -0.4 is 9.47 Å². The highest BCUT2D eigenvalue weighted by Gasteiger charge is 2.34. The summed E-state index contributed by atoms with van der Waals surface area (Å²) in [7, 11) is 0. The highest BCUT2D eigenvalue weighted by molar-refractivity contribution is 7.16. The van der Waals surface area contributed by atoms with E-state index in [1.165, 1.54) is 44.8 Å². The molecule has 0 fully saturated rings. The minimum absolute atomic E-state index is 1.11. The molecule has 2 nitrogen and oxygen atoms in total. The van der Waals surface area contributed by atoms with Crippen LogP contribution in [-0.4, -0.2) is 0 Å². The van der Waals surface area contributed by atoms with Crippen molar-refractivity contribution in [2.24, 2.45) is 0 Å². The van der Waals surface area contributed by atoms with E-state index < -0.39 is 0 Å². The van der Waals surface area contributed by atoms with E-state index in [-0.39, 0.29) is 0 Å². The molecule has 5 rings (SSSR count). The average molecular weight is 354 g/mol. The fourth-order valence-electron chi connectivity index (χ4n) is 3.35. The van der Waals surface area contributed by atoms with E-state index in [0.717, 1.165) is 34.5 Å². The van der Waals surface area contributed by atoms with Gasteiger partial charge in [0.15, 0.2) is 11.5 Å². The van der Waals surface area contributed by atoms with Gasteiger partial charge in [0.2, 0.25) is 10.1 Å². The molecule has 0 N–H and O–H groups in total. The molecule has 122 valence electrons. The molecule has 0 bridgehead atoms. The van der Waals surface area contributed by atoms with Gasteiger partial charge in [-0.1, -0.05) is 73.6 Å². The molecule has 0 aliphatic carbocycles. The van der Waals surface area contributed by atoms with Crippen molar-refractivity contribution in [1.82, 2.24) is 0 Å². The van der Waals surface area contributed by atoms with Crippen molar-refractivity contribution < 1.29 is 9.47 Å². The van der Waals surface area contributed by atoms with E-state index >= 15 is 0 Å². The summed E-state index contributed by atoms with van der Waals surface area (Å²) in [6.45, 7) is 4.46. The van der Waals surface area contributed by atoms with Crippen LogP contribution in [0.2, 0.25) is 0 Å². The molecule has 2 aliphatic rings. The number of ether oxygens (including phenoxy) is 2. The average Bonchev–Trinajstić information content (AvgIpc) is 3.46. The van der Waals surface area contributed by atoms with Crippen LogP contribution in [0, 0.1) is 0 Å². The summed E-state index contributed by atoms with van der Waals surface area (Å²) in [5.41, 5.74) is 5.17. The number of rotatable bonds is 6. The number of thiophene rings is 2. The summed E-state index contributed by atoms with van der Waals surface area (Å²) < 4.78 is 11.2. The monoisotopic (exact) mass is 354 g/mol. The summed E-state index contributed by atoms with van der Waals surface area (Å²) in [4.78, 5) is 2.92. The van der Waals surface area contributed by atoms with E-state index in [2.05, 4.69) is 38.1 Å². The number of fused-ring (bicyclic) bond motifs is 2. The van der Waals surface area contributed by atoms with Crippen LogP contribution in [0.15, 0.2) is 24.3 Å². The molecule has 0 saturated heterocycles. The zero-order chi connectivity index (χ0) is 16.3. The van der Waals surface area contributed by atoms with Crippen molar-refractivity contribution in [3.8, 4) is 43.9 Å². The Morgan fingerprint density at radius 2 is 1.12 bits per heavy atom. The fourth-order valence-corrected chi connectivity index (χ4v) is 5.67. The molecule has 0 saturated carbocycles. The van der Waals surface area contributed by atoms with Gasteiger partial charge in [-0.2, -0.15) is 0 Å². The Balaban J connectivity index is 1.51. The Morgan fingerprint density at radius 1 is 0.708 bits per heavy atom. The Kier molecular flexibility index (Phi) is 3.25. The predicted octanol–water partition coefficient (Wildman–Crippen LogP) is 7.26. The van der Waals surface area contributed by atoms with Crippen LogP contribution in [0.25, 0.3) is 22.3 Å². The van der Waals surface area contributed by atoms with Crippen molar-refractivity contribution in [2.45, 2.75) is 39.5 Å². The molecule has 0 amide bonds. The van der Waals surface area contributed by atoms with Gasteiger partial charge < -0.3 is 9.47 Å². The molecule has 2 aromatic heterocycles. The van der Waals surface area contributed by atoms with Gasteiger partial charge in [0.25, 0.3) is 0 Å². The van der Waals surface area contributed by atoms with Crippen molar-refractivity contribution in [2.75, 3.05) is 0 Å². The zero-order valence-electron chi connectivity index (χ0n) is 13.8. The van der Waals surface area contributed by atoms with Crippen LogP contribution in [0.1, 0.15) is 36.4 Å². The molecule has 24 heavy (non-hydrogen) atoms. The molecule has 0 unspecified atom stereocenters. The molecule has 4 heteroatoms. The van der Waals surface area contributed by atoms with Gasteiger partial charge in [-0.15, -0.1) is 0 Å². The third-order valence-electron chi connectivity index (χ3n) is 4.54. The first-order valence-electron chi connectivity index (χ1n) is 8.58. The fraction of sp³-hybridized carbons (Fsp3) is 0.300. The largest absolute Gasteiger partial charge is 0.437 e. The maximum Gasteiger partial charge on any atom is 0.224 e. The third-order valence-corrected chi connectivity index (χ3v) is 6.75. The van der Waals surface area contributed by atoms with Gasteiger partial charge in [0.05, 0.1) is 0 Å². The minimum Gasteiger partial charge on any atom is -0.437 e. The summed E-state index contributed by atoms with van der Waals surface area (Å²) in [5.74, 6) is 2.21. The molecule has 2 aliphatic heterocycles. The van der Waals surface area contributed by atoms with Crippen LogP contribution in [0.5, 0.6) is 21.6 Å². The van der Waals surface area contributed by atoms with Crippen LogP contribution in [0.3, 0.4) is 0 Å². The topological polar surface area (TPSA) is 25.1 Å². The van der Waals surface area contributed by atoms with Gasteiger partial charge in [-0.05, 0) is 24.0 Å². The molecule has 1 aromatic carbocycles. The number of hydrogen-bond donors (Lipinski definition) is 0. The van der Waals surface area contributed by atoms with E-state index in [9.17, 15) is 0 Å². The number of benzene rings is 1. The van der Waals surface area contributed by atoms with Crippen LogP contribution >= 0.6 is 22.7 Å². The van der Waals surface area contributed by atoms with Gasteiger partial charge in [0, 0.05) is 20.9 Å². The molecule has 3 aromatic rings. The Hall–Kier alpha value is -1.78. The normalized spacial score (nSPS) is 13.1. The summed E-state index contributed by atoms with van der Waals surface area (Å²) in [5, 5.41) is 2.22. The second-order valence-electron chi connectivity index (χ2n) is 6.32. The SMILES string of the molecule is CCCc1sc2c(c1-c1ccc(-c3c(CCC)sc4c3O4)cc1)O2. The lowest BCUT2D eigenvalue weighted by molar-refractivity contribution is 0.656. The zero-order valence-corrected chi connectivity index (χ0v) is 15.4. The number of hydrogen-bond acceptors (Lipinski definition) is 4. The second kappa shape index (κ2) is 5.36. The first-order valence-corrected chi connectivity index (χ1v) is 10.2. The second-order valence-corrected chi connectivity index (χ2v) is 8.45. The highest BCUT2D eigenvalue weighted by Crippen LogP contribution is 2.62. The van der Waals surface area contributed by atoms with E-state index in [4.69, 9.17) is 9.47 Å². The van der Waals surface area contributed by atoms with E-state index in [0.29, 0.717) is 0 Å². The maximum atomic E-state index is 5.60.